The molecule has 4 rings (SSSR count). The number of hydrogen-bond acceptors (Lipinski definition) is 7. The molecule has 0 spiro atoms. The molecule has 0 bridgehead atoms. The summed E-state index contributed by atoms with van der Waals surface area (Å²) in [6, 6.07) is 17.6. The van der Waals surface area contributed by atoms with Gasteiger partial charge in [0.25, 0.3) is 5.69 Å². The summed E-state index contributed by atoms with van der Waals surface area (Å²) in [5.41, 5.74) is 1.59. The van der Waals surface area contributed by atoms with E-state index in [-0.39, 0.29) is 17.0 Å². The van der Waals surface area contributed by atoms with E-state index in [2.05, 4.69) is 5.16 Å². The van der Waals surface area contributed by atoms with E-state index in [4.69, 9.17) is 9.25 Å². The molecule has 0 atom stereocenters. The molecule has 30 heavy (non-hydrogen) atoms. The van der Waals surface area contributed by atoms with Crippen molar-refractivity contribution in [3.63, 3.8) is 0 Å². The molecule has 0 fully saturated rings. The molecule has 0 aliphatic carbocycles. The van der Waals surface area contributed by atoms with E-state index in [1.54, 1.807) is 48.5 Å². The summed E-state index contributed by atoms with van der Waals surface area (Å²) in [7, 11) is 0. The number of furan rings is 1. The molecule has 0 radical (unpaired) electrons. The minimum Gasteiger partial charge on any atom is -0.456 e. The average molecular weight is 402 g/mol. The summed E-state index contributed by atoms with van der Waals surface area (Å²) in [5.74, 6) is -1.12. The monoisotopic (exact) mass is 402 g/mol. The number of oxime groups is 1. The second-order valence-corrected chi connectivity index (χ2v) is 6.47. The van der Waals surface area contributed by atoms with Crippen molar-refractivity contribution in [3.05, 3.63) is 88.0 Å². The minimum absolute atomic E-state index is 0.0380. The standard InChI is InChI=1S/C22H14N2O6/c1-13(25)30-23-21(14-5-3-2-4-6-14)22(26)15-7-9-19-17(11-15)18-12-16(24(27)28)8-10-20(18)29-19/h2-12H,1H3/b23-21+. The molecule has 1 heterocycles. The van der Waals surface area contributed by atoms with Gasteiger partial charge < -0.3 is 9.25 Å². The molecule has 0 amide bonds. The van der Waals surface area contributed by atoms with Crippen LogP contribution in [-0.4, -0.2) is 22.4 Å². The SMILES string of the molecule is CC(=O)O/N=C(/C(=O)c1ccc2oc3ccc([N+](=O)[O-])cc3c2c1)c1ccccc1. The smallest absolute Gasteiger partial charge is 0.332 e. The Morgan fingerprint density at radius 3 is 2.27 bits per heavy atom. The maximum Gasteiger partial charge on any atom is 0.332 e. The summed E-state index contributed by atoms with van der Waals surface area (Å²) in [5, 5.41) is 15.9. The Morgan fingerprint density at radius 2 is 1.60 bits per heavy atom. The molecule has 8 heteroatoms. The van der Waals surface area contributed by atoms with Gasteiger partial charge in [0.05, 0.1) is 4.92 Å². The normalized spacial score (nSPS) is 11.6. The molecule has 0 aliphatic heterocycles. The van der Waals surface area contributed by atoms with Crippen LogP contribution in [0.15, 0.2) is 76.3 Å². The van der Waals surface area contributed by atoms with Crippen molar-refractivity contribution < 1.29 is 23.8 Å². The number of nitro benzene ring substituents is 1. The van der Waals surface area contributed by atoms with Gasteiger partial charge in [0.1, 0.15) is 11.2 Å². The molecule has 0 unspecified atom stereocenters. The van der Waals surface area contributed by atoms with Crippen LogP contribution < -0.4 is 0 Å². The van der Waals surface area contributed by atoms with Crippen molar-refractivity contribution in [2.24, 2.45) is 5.16 Å². The van der Waals surface area contributed by atoms with Crippen LogP contribution in [0.25, 0.3) is 21.9 Å². The van der Waals surface area contributed by atoms with Gasteiger partial charge in [0.2, 0.25) is 5.78 Å². The number of benzene rings is 3. The highest BCUT2D eigenvalue weighted by atomic mass is 16.7. The van der Waals surface area contributed by atoms with Gasteiger partial charge >= 0.3 is 5.97 Å². The Bertz CT molecular complexity index is 1340. The van der Waals surface area contributed by atoms with E-state index in [0.29, 0.717) is 27.5 Å². The first-order valence-corrected chi connectivity index (χ1v) is 8.90. The maximum absolute atomic E-state index is 13.2. The molecular weight excluding hydrogens is 388 g/mol. The first-order chi connectivity index (χ1) is 14.4. The van der Waals surface area contributed by atoms with Crippen molar-refractivity contribution in [2.75, 3.05) is 0 Å². The van der Waals surface area contributed by atoms with Gasteiger partial charge in [-0.1, -0.05) is 35.5 Å². The fourth-order valence-electron chi connectivity index (χ4n) is 3.09. The number of nitrogens with zero attached hydrogens (tertiary/aromatic N) is 2. The number of Topliss-reactive ketones (excluding diaryl/α,β-unsaturated/α-hetero) is 1. The Balaban J connectivity index is 1.84. The van der Waals surface area contributed by atoms with Gasteiger partial charge in [-0.05, 0) is 24.3 Å². The number of ketones is 1. The van der Waals surface area contributed by atoms with Crippen LogP contribution in [0.5, 0.6) is 0 Å². The van der Waals surface area contributed by atoms with Crippen LogP contribution in [0.4, 0.5) is 5.69 Å². The number of rotatable bonds is 5. The Morgan fingerprint density at radius 1 is 0.933 bits per heavy atom. The van der Waals surface area contributed by atoms with Crippen molar-refractivity contribution in [1.29, 1.82) is 0 Å². The topological polar surface area (TPSA) is 112 Å². The van der Waals surface area contributed by atoms with E-state index in [1.165, 1.54) is 25.1 Å². The molecule has 0 saturated carbocycles. The van der Waals surface area contributed by atoms with E-state index in [1.807, 2.05) is 0 Å². The Labute approximate surface area is 169 Å². The zero-order chi connectivity index (χ0) is 21.3. The molecule has 0 N–H and O–H groups in total. The molecular formula is C22H14N2O6. The largest absolute Gasteiger partial charge is 0.456 e. The van der Waals surface area contributed by atoms with Crippen LogP contribution in [0, 0.1) is 10.1 Å². The summed E-state index contributed by atoms with van der Waals surface area (Å²) >= 11 is 0. The third-order valence-corrected chi connectivity index (χ3v) is 4.45. The van der Waals surface area contributed by atoms with Gasteiger partial charge in [0.15, 0.2) is 5.71 Å². The lowest BCUT2D eigenvalue weighted by Crippen LogP contribution is -2.17. The lowest BCUT2D eigenvalue weighted by Gasteiger charge is -2.05. The number of hydrogen-bond donors (Lipinski definition) is 0. The molecule has 3 aromatic carbocycles. The molecule has 148 valence electrons. The van der Waals surface area contributed by atoms with Gasteiger partial charge in [-0.25, -0.2) is 4.79 Å². The number of fused-ring (bicyclic) bond motifs is 3. The van der Waals surface area contributed by atoms with Crippen molar-refractivity contribution in [1.82, 2.24) is 0 Å². The lowest BCUT2D eigenvalue weighted by molar-refractivity contribution is -0.384. The molecule has 4 aromatic rings. The summed E-state index contributed by atoms with van der Waals surface area (Å²) in [6.45, 7) is 1.19. The van der Waals surface area contributed by atoms with Gasteiger partial charge in [-0.3, -0.25) is 14.9 Å². The highest BCUT2D eigenvalue weighted by molar-refractivity contribution is 6.51. The highest BCUT2D eigenvalue weighted by Gasteiger charge is 2.20. The van der Waals surface area contributed by atoms with Crippen LogP contribution in [0.1, 0.15) is 22.8 Å². The lowest BCUT2D eigenvalue weighted by atomic mass is 9.99. The second-order valence-electron chi connectivity index (χ2n) is 6.47. The average Bonchev–Trinajstić information content (AvgIpc) is 3.11. The van der Waals surface area contributed by atoms with E-state index in [0.717, 1.165) is 0 Å². The fraction of sp³-hybridized carbons (Fsp3) is 0.0455. The number of nitro groups is 1. The number of non-ortho nitro benzene ring substituents is 1. The quantitative estimate of drug-likeness (QED) is 0.158. The van der Waals surface area contributed by atoms with Crippen molar-refractivity contribution >= 4 is 45.1 Å². The zero-order valence-electron chi connectivity index (χ0n) is 15.7. The number of carbonyl (C=O) groups is 2. The third kappa shape index (κ3) is 3.53. The Hall–Kier alpha value is -4.33. The second kappa shape index (κ2) is 7.59. The van der Waals surface area contributed by atoms with E-state index < -0.39 is 16.7 Å². The molecule has 0 aliphatic rings. The first-order valence-electron chi connectivity index (χ1n) is 8.90. The predicted molar refractivity (Wildman–Crippen MR) is 109 cm³/mol. The zero-order valence-corrected chi connectivity index (χ0v) is 15.7. The summed E-state index contributed by atoms with van der Waals surface area (Å²) in [4.78, 5) is 39.7. The highest BCUT2D eigenvalue weighted by Crippen LogP contribution is 2.32. The maximum atomic E-state index is 13.2. The van der Waals surface area contributed by atoms with Crippen LogP contribution >= 0.6 is 0 Å². The Kier molecular flexibility index (Phi) is 4.81. The molecule has 8 nitrogen and oxygen atoms in total. The summed E-state index contributed by atoms with van der Waals surface area (Å²) in [6.07, 6.45) is 0. The predicted octanol–water partition coefficient (Wildman–Crippen LogP) is 4.64. The van der Waals surface area contributed by atoms with Crippen LogP contribution in [0.2, 0.25) is 0 Å². The van der Waals surface area contributed by atoms with Crippen molar-refractivity contribution in [3.8, 4) is 0 Å². The molecule has 0 saturated heterocycles. The van der Waals surface area contributed by atoms with Crippen LogP contribution in [-0.2, 0) is 9.63 Å². The van der Waals surface area contributed by atoms with Crippen LogP contribution in [0.3, 0.4) is 0 Å². The fourth-order valence-corrected chi connectivity index (χ4v) is 3.09. The van der Waals surface area contributed by atoms with Crippen molar-refractivity contribution in [2.45, 2.75) is 6.92 Å². The first kappa shape index (κ1) is 19.0. The van der Waals surface area contributed by atoms with E-state index >= 15 is 0 Å². The molecule has 1 aromatic heterocycles. The van der Waals surface area contributed by atoms with E-state index in [9.17, 15) is 19.7 Å². The minimum atomic E-state index is -0.653. The third-order valence-electron chi connectivity index (χ3n) is 4.45. The summed E-state index contributed by atoms with van der Waals surface area (Å²) < 4.78 is 5.71. The number of carbonyl (C=O) groups excluding carboxylic acids is 2. The van der Waals surface area contributed by atoms with Gasteiger partial charge in [-0.2, -0.15) is 0 Å². The van der Waals surface area contributed by atoms with Gasteiger partial charge in [0, 0.05) is 41.0 Å². The van der Waals surface area contributed by atoms with Gasteiger partial charge in [-0.15, -0.1) is 0 Å².